The monoisotopic (exact) mass is 620 g/mol. The van der Waals surface area contributed by atoms with Crippen molar-refractivity contribution in [2.45, 2.75) is 60.1 Å². The van der Waals surface area contributed by atoms with Crippen LogP contribution in [-0.4, -0.2) is 18.7 Å². The number of benzene rings is 3. The van der Waals surface area contributed by atoms with Crippen molar-refractivity contribution in [3.63, 3.8) is 0 Å². The van der Waals surface area contributed by atoms with Gasteiger partial charge in [-0.25, -0.2) is 4.99 Å². The summed E-state index contributed by atoms with van der Waals surface area (Å²) in [4.78, 5) is 19.8. The summed E-state index contributed by atoms with van der Waals surface area (Å²) in [5.74, 6) is 2.51. The molecule has 0 radical (unpaired) electrons. The number of carbonyl (C=O) groups excluding carboxylic acids is 1. The number of carbonyl (C=O) groups is 1. The average Bonchev–Trinajstić information content (AvgIpc) is 3.69. The summed E-state index contributed by atoms with van der Waals surface area (Å²) in [6.07, 6.45) is 6.34. The van der Waals surface area contributed by atoms with Crippen LogP contribution < -0.4 is 14.8 Å². The number of hydrogen-bond acceptors (Lipinski definition) is 6. The van der Waals surface area contributed by atoms with Gasteiger partial charge >= 0.3 is 0 Å². The number of fused-ring (bicyclic) bond motifs is 2. The molecule has 1 atom stereocenters. The molecule has 7 heteroatoms. The minimum absolute atomic E-state index is 0.113. The SMILES string of the molecule is CCOc1cc(C=Nc2sc3c(c2C(=O)NCc2ccco2)CC[C@@H](C(C)(C)C)C3)ccc1OCc1cccc2ccccc12. The molecule has 3 aromatic carbocycles. The number of nitrogens with zero attached hydrogens (tertiary/aromatic N) is 1. The van der Waals surface area contributed by atoms with Crippen LogP contribution in [0.1, 0.15) is 71.8 Å². The Morgan fingerprint density at radius 3 is 2.69 bits per heavy atom. The smallest absolute Gasteiger partial charge is 0.255 e. The molecule has 1 N–H and O–H groups in total. The summed E-state index contributed by atoms with van der Waals surface area (Å²) in [5, 5.41) is 6.16. The second-order valence-corrected chi connectivity index (χ2v) is 13.7. The van der Waals surface area contributed by atoms with Crippen molar-refractivity contribution in [3.8, 4) is 11.5 Å². The van der Waals surface area contributed by atoms with Gasteiger partial charge in [-0.2, -0.15) is 0 Å². The van der Waals surface area contributed by atoms with Gasteiger partial charge in [-0.05, 0) is 95.3 Å². The van der Waals surface area contributed by atoms with Gasteiger partial charge in [0.1, 0.15) is 17.4 Å². The molecule has 0 aliphatic heterocycles. The minimum atomic E-state index is -0.113. The van der Waals surface area contributed by atoms with Gasteiger partial charge in [0.05, 0.1) is 25.0 Å². The average molecular weight is 621 g/mol. The fraction of sp³-hybridized carbons (Fsp3) is 0.316. The zero-order valence-corrected chi connectivity index (χ0v) is 27.2. The van der Waals surface area contributed by atoms with Gasteiger partial charge < -0.3 is 19.2 Å². The molecule has 0 unspecified atom stereocenters. The van der Waals surface area contributed by atoms with E-state index in [1.54, 1.807) is 17.6 Å². The first-order chi connectivity index (χ1) is 21.8. The van der Waals surface area contributed by atoms with Crippen molar-refractivity contribution >= 4 is 39.2 Å². The molecule has 0 spiro atoms. The van der Waals surface area contributed by atoms with E-state index in [1.807, 2.05) is 55.6 Å². The Morgan fingerprint density at radius 1 is 1.04 bits per heavy atom. The van der Waals surface area contributed by atoms with E-state index in [1.165, 1.54) is 15.6 Å². The maximum absolute atomic E-state index is 13.6. The molecule has 0 saturated carbocycles. The van der Waals surface area contributed by atoms with Crippen molar-refractivity contribution in [3.05, 3.63) is 112 Å². The second-order valence-electron chi connectivity index (χ2n) is 12.6. The molecule has 2 aromatic heterocycles. The van der Waals surface area contributed by atoms with Crippen molar-refractivity contribution in [1.82, 2.24) is 5.32 Å². The van der Waals surface area contributed by atoms with E-state index in [4.69, 9.17) is 18.9 Å². The zero-order valence-electron chi connectivity index (χ0n) is 26.4. The predicted octanol–water partition coefficient (Wildman–Crippen LogP) is 9.30. The van der Waals surface area contributed by atoms with Crippen molar-refractivity contribution < 1.29 is 18.7 Å². The number of aliphatic imine (C=N–C) groups is 1. The van der Waals surface area contributed by atoms with Gasteiger partial charge in [-0.3, -0.25) is 4.79 Å². The topological polar surface area (TPSA) is 73.1 Å². The first-order valence-corrected chi connectivity index (χ1v) is 16.5. The highest BCUT2D eigenvalue weighted by molar-refractivity contribution is 7.16. The van der Waals surface area contributed by atoms with Crippen LogP contribution in [0.25, 0.3) is 10.8 Å². The number of ether oxygens (including phenoxy) is 2. The zero-order chi connectivity index (χ0) is 31.4. The fourth-order valence-corrected chi connectivity index (χ4v) is 7.27. The Kier molecular flexibility index (Phi) is 9.08. The molecule has 2 heterocycles. The third kappa shape index (κ3) is 6.99. The number of furan rings is 1. The molecule has 1 amide bonds. The molecule has 1 aliphatic carbocycles. The molecule has 1 aliphatic rings. The van der Waals surface area contributed by atoms with Crippen LogP contribution in [0.5, 0.6) is 11.5 Å². The van der Waals surface area contributed by atoms with Gasteiger partial charge in [0.15, 0.2) is 11.5 Å². The molecular formula is C38H40N2O4S. The van der Waals surface area contributed by atoms with Crippen LogP contribution in [0.3, 0.4) is 0 Å². The van der Waals surface area contributed by atoms with E-state index in [2.05, 4.69) is 56.4 Å². The van der Waals surface area contributed by atoms with Gasteiger partial charge in [0, 0.05) is 11.1 Å². The normalized spacial score (nSPS) is 14.9. The number of amides is 1. The first kappa shape index (κ1) is 30.7. The predicted molar refractivity (Wildman–Crippen MR) is 182 cm³/mol. The highest BCUT2D eigenvalue weighted by Gasteiger charge is 2.33. The molecule has 0 saturated heterocycles. The lowest BCUT2D eigenvalue weighted by molar-refractivity contribution is 0.0947. The third-order valence-corrected chi connectivity index (χ3v) is 9.73. The summed E-state index contributed by atoms with van der Waals surface area (Å²) in [6, 6.07) is 24.1. The maximum atomic E-state index is 13.6. The highest BCUT2D eigenvalue weighted by atomic mass is 32.1. The second kappa shape index (κ2) is 13.3. The standard InChI is InChI=1S/C38H40N2O4S/c1-5-42-33-20-25(15-18-32(33)44-24-27-12-8-11-26-10-6-7-14-30(26)27)22-40-37-35(36(41)39-23-29-13-9-19-43-29)31-17-16-28(38(2,3)4)21-34(31)45-37/h6-15,18-20,22,28H,5,16-17,21,23-24H2,1-4H3,(H,39,41)/t28-/m1/s1. The Balaban J connectivity index is 1.25. The summed E-state index contributed by atoms with van der Waals surface area (Å²) >= 11 is 1.64. The van der Waals surface area contributed by atoms with E-state index in [9.17, 15) is 4.79 Å². The van der Waals surface area contributed by atoms with E-state index in [0.29, 0.717) is 42.7 Å². The van der Waals surface area contributed by atoms with Crippen molar-refractivity contribution in [2.75, 3.05) is 6.61 Å². The highest BCUT2D eigenvalue weighted by Crippen LogP contribution is 2.45. The van der Waals surface area contributed by atoms with E-state index in [0.717, 1.165) is 46.7 Å². The molecule has 0 bridgehead atoms. The lowest BCUT2D eigenvalue weighted by Gasteiger charge is -2.33. The number of rotatable bonds is 10. The summed E-state index contributed by atoms with van der Waals surface area (Å²) < 4.78 is 17.7. The summed E-state index contributed by atoms with van der Waals surface area (Å²) in [5.41, 5.74) is 4.02. The van der Waals surface area contributed by atoms with E-state index < -0.39 is 0 Å². The minimum Gasteiger partial charge on any atom is -0.490 e. The quantitative estimate of drug-likeness (QED) is 0.158. The number of nitrogens with one attached hydrogen (secondary N) is 1. The van der Waals surface area contributed by atoms with Crippen LogP contribution in [0.4, 0.5) is 5.00 Å². The Labute approximate surface area is 269 Å². The first-order valence-electron chi connectivity index (χ1n) is 15.7. The molecular weight excluding hydrogens is 580 g/mol. The molecule has 5 aromatic rings. The molecule has 0 fully saturated rings. The van der Waals surface area contributed by atoms with Crippen LogP contribution in [-0.2, 0) is 26.0 Å². The summed E-state index contributed by atoms with van der Waals surface area (Å²) in [6.45, 7) is 10.2. The maximum Gasteiger partial charge on any atom is 0.255 e. The van der Waals surface area contributed by atoms with Crippen molar-refractivity contribution in [1.29, 1.82) is 0 Å². The lowest BCUT2D eigenvalue weighted by Crippen LogP contribution is -2.28. The molecule has 232 valence electrons. The van der Waals surface area contributed by atoms with Crippen LogP contribution in [0, 0.1) is 11.3 Å². The third-order valence-electron chi connectivity index (χ3n) is 8.56. The summed E-state index contributed by atoms with van der Waals surface area (Å²) in [7, 11) is 0. The molecule has 45 heavy (non-hydrogen) atoms. The van der Waals surface area contributed by atoms with Crippen molar-refractivity contribution in [2.24, 2.45) is 16.3 Å². The van der Waals surface area contributed by atoms with Gasteiger partial charge in [0.25, 0.3) is 5.91 Å². The van der Waals surface area contributed by atoms with Crippen LogP contribution >= 0.6 is 11.3 Å². The van der Waals surface area contributed by atoms with Gasteiger partial charge in [0.2, 0.25) is 0 Å². The van der Waals surface area contributed by atoms with Crippen LogP contribution in [0.15, 0.2) is 88.5 Å². The van der Waals surface area contributed by atoms with Gasteiger partial charge in [-0.15, -0.1) is 11.3 Å². The number of hydrogen-bond donors (Lipinski definition) is 1. The Hall–Kier alpha value is -4.36. The largest absolute Gasteiger partial charge is 0.490 e. The van der Waals surface area contributed by atoms with E-state index >= 15 is 0 Å². The molecule has 6 nitrogen and oxygen atoms in total. The van der Waals surface area contributed by atoms with Gasteiger partial charge in [-0.1, -0.05) is 63.2 Å². The number of thiophene rings is 1. The molecule has 6 rings (SSSR count). The Morgan fingerprint density at radius 2 is 1.89 bits per heavy atom. The fourth-order valence-electron chi connectivity index (χ4n) is 6.00. The van der Waals surface area contributed by atoms with E-state index in [-0.39, 0.29) is 11.3 Å². The van der Waals surface area contributed by atoms with Crippen LogP contribution in [0.2, 0.25) is 0 Å². The lowest BCUT2D eigenvalue weighted by atomic mass is 9.72. The Bertz CT molecular complexity index is 1810.